The third kappa shape index (κ3) is 3.54. The van der Waals surface area contributed by atoms with Crippen molar-refractivity contribution in [3.05, 3.63) is 44.9 Å². The second-order valence-corrected chi connectivity index (χ2v) is 4.62. The van der Waals surface area contributed by atoms with Crippen LogP contribution in [0.1, 0.15) is 25.0 Å². The summed E-state index contributed by atoms with van der Waals surface area (Å²) in [5, 5.41) is 20.6. The van der Waals surface area contributed by atoms with Crippen LogP contribution in [0.3, 0.4) is 0 Å². The van der Waals surface area contributed by atoms with Crippen LogP contribution in [0.4, 0.5) is 5.69 Å². The Morgan fingerprint density at radius 2 is 2.33 bits per heavy atom. The molecule has 1 atom stereocenters. The number of aliphatic hydroxyl groups excluding tert-OH is 1. The maximum absolute atomic E-state index is 11.0. The van der Waals surface area contributed by atoms with E-state index in [0.717, 1.165) is 0 Å². The standard InChI is InChI=1S/C12H14BrNO4/c1-3-4-5-18-12-10(8(2)15)6-9(13)7-11(12)14(16)17/h3,6-8,15H,1,4-5H2,2H3/t8-/m0/s1. The Bertz CT molecular complexity index is 460. The van der Waals surface area contributed by atoms with Crippen molar-refractivity contribution in [1.82, 2.24) is 0 Å². The highest BCUT2D eigenvalue weighted by molar-refractivity contribution is 9.10. The highest BCUT2D eigenvalue weighted by atomic mass is 79.9. The van der Waals surface area contributed by atoms with Gasteiger partial charge in [-0.3, -0.25) is 10.1 Å². The summed E-state index contributed by atoms with van der Waals surface area (Å²) < 4.78 is 5.92. The van der Waals surface area contributed by atoms with E-state index in [1.165, 1.54) is 13.0 Å². The van der Waals surface area contributed by atoms with Gasteiger partial charge in [-0.2, -0.15) is 0 Å². The molecule has 0 amide bonds. The SMILES string of the molecule is C=CCCOc1c([C@H](C)O)cc(Br)cc1[N+](=O)[O-]. The van der Waals surface area contributed by atoms with Gasteiger partial charge in [0, 0.05) is 16.1 Å². The first-order chi connectivity index (χ1) is 8.47. The zero-order valence-corrected chi connectivity index (χ0v) is 11.5. The molecule has 0 bridgehead atoms. The van der Waals surface area contributed by atoms with Crippen molar-refractivity contribution in [2.45, 2.75) is 19.4 Å². The Kier molecular flexibility index (Phi) is 5.30. The molecular formula is C12H14BrNO4. The summed E-state index contributed by atoms with van der Waals surface area (Å²) in [6.45, 7) is 5.37. The smallest absolute Gasteiger partial charge is 0.312 e. The van der Waals surface area contributed by atoms with E-state index in [4.69, 9.17) is 4.74 Å². The monoisotopic (exact) mass is 315 g/mol. The lowest BCUT2D eigenvalue weighted by Gasteiger charge is -2.13. The van der Waals surface area contributed by atoms with Crippen molar-refractivity contribution in [3.8, 4) is 5.75 Å². The van der Waals surface area contributed by atoms with Crippen molar-refractivity contribution in [1.29, 1.82) is 0 Å². The van der Waals surface area contributed by atoms with E-state index in [9.17, 15) is 15.2 Å². The molecule has 5 nitrogen and oxygen atoms in total. The Morgan fingerprint density at radius 3 is 2.83 bits per heavy atom. The van der Waals surface area contributed by atoms with Gasteiger partial charge >= 0.3 is 5.69 Å². The zero-order valence-electron chi connectivity index (χ0n) is 9.93. The quantitative estimate of drug-likeness (QED) is 0.378. The van der Waals surface area contributed by atoms with E-state index < -0.39 is 11.0 Å². The van der Waals surface area contributed by atoms with E-state index >= 15 is 0 Å². The molecule has 98 valence electrons. The molecule has 1 rings (SSSR count). The molecule has 1 aromatic carbocycles. The number of ether oxygens (including phenoxy) is 1. The van der Waals surface area contributed by atoms with Crippen LogP contribution in [-0.4, -0.2) is 16.6 Å². The van der Waals surface area contributed by atoms with E-state index in [2.05, 4.69) is 22.5 Å². The summed E-state index contributed by atoms with van der Waals surface area (Å²) in [6.07, 6.45) is 1.39. The molecule has 0 heterocycles. The fourth-order valence-corrected chi connectivity index (χ4v) is 1.91. The van der Waals surface area contributed by atoms with Gasteiger partial charge in [-0.1, -0.05) is 22.0 Å². The van der Waals surface area contributed by atoms with E-state index in [1.807, 2.05) is 0 Å². The zero-order chi connectivity index (χ0) is 13.7. The molecule has 0 saturated carbocycles. The number of nitro benzene ring substituents is 1. The summed E-state index contributed by atoms with van der Waals surface area (Å²) in [6, 6.07) is 2.97. The predicted octanol–water partition coefficient (Wildman–Crippen LogP) is 3.37. The van der Waals surface area contributed by atoms with E-state index in [1.54, 1.807) is 12.1 Å². The minimum atomic E-state index is -0.847. The number of nitro groups is 1. The molecule has 0 fully saturated rings. The third-order valence-electron chi connectivity index (χ3n) is 2.28. The van der Waals surface area contributed by atoms with Crippen molar-refractivity contribution in [2.24, 2.45) is 0 Å². The van der Waals surface area contributed by atoms with Crippen LogP contribution in [-0.2, 0) is 0 Å². The van der Waals surface area contributed by atoms with E-state index in [-0.39, 0.29) is 18.0 Å². The minimum absolute atomic E-state index is 0.111. The lowest BCUT2D eigenvalue weighted by Crippen LogP contribution is -2.05. The van der Waals surface area contributed by atoms with Crippen LogP contribution < -0.4 is 4.74 Å². The van der Waals surface area contributed by atoms with Gasteiger partial charge in [0.2, 0.25) is 5.75 Å². The summed E-state index contributed by atoms with van der Waals surface area (Å²) in [5.74, 6) is 0.111. The summed E-state index contributed by atoms with van der Waals surface area (Å²) in [4.78, 5) is 10.5. The van der Waals surface area contributed by atoms with Gasteiger partial charge in [-0.15, -0.1) is 6.58 Å². The second-order valence-electron chi connectivity index (χ2n) is 3.70. The average Bonchev–Trinajstić information content (AvgIpc) is 2.30. The van der Waals surface area contributed by atoms with Crippen molar-refractivity contribution in [2.75, 3.05) is 6.61 Å². The van der Waals surface area contributed by atoms with Crippen LogP contribution in [0.2, 0.25) is 0 Å². The third-order valence-corrected chi connectivity index (χ3v) is 2.74. The number of hydrogen-bond acceptors (Lipinski definition) is 4. The number of aliphatic hydroxyl groups is 1. The number of rotatable bonds is 6. The first kappa shape index (κ1) is 14.7. The Balaban J connectivity index is 3.22. The predicted molar refractivity (Wildman–Crippen MR) is 71.7 cm³/mol. The fourth-order valence-electron chi connectivity index (χ4n) is 1.45. The molecule has 1 aromatic rings. The molecule has 0 aromatic heterocycles. The van der Waals surface area contributed by atoms with Gasteiger partial charge in [-0.05, 0) is 19.4 Å². The number of hydrogen-bond donors (Lipinski definition) is 1. The van der Waals surface area contributed by atoms with Crippen molar-refractivity contribution in [3.63, 3.8) is 0 Å². The molecular weight excluding hydrogens is 302 g/mol. The number of halogens is 1. The lowest BCUT2D eigenvalue weighted by molar-refractivity contribution is -0.386. The topological polar surface area (TPSA) is 72.6 Å². The first-order valence-electron chi connectivity index (χ1n) is 5.37. The van der Waals surface area contributed by atoms with Crippen LogP contribution >= 0.6 is 15.9 Å². The molecule has 6 heteroatoms. The summed E-state index contributed by atoms with van der Waals surface area (Å²) in [5.41, 5.74) is 0.226. The molecule has 0 aliphatic heterocycles. The van der Waals surface area contributed by atoms with Gasteiger partial charge in [0.05, 0.1) is 17.6 Å². The second kappa shape index (κ2) is 6.51. The van der Waals surface area contributed by atoms with Crippen molar-refractivity contribution >= 4 is 21.6 Å². The number of nitrogens with zero attached hydrogens (tertiary/aromatic N) is 1. The molecule has 0 unspecified atom stereocenters. The van der Waals surface area contributed by atoms with Gasteiger partial charge in [-0.25, -0.2) is 0 Å². The Labute approximate surface area is 113 Å². The first-order valence-corrected chi connectivity index (χ1v) is 6.16. The van der Waals surface area contributed by atoms with Crippen LogP contribution in [0.15, 0.2) is 29.3 Å². The lowest BCUT2D eigenvalue weighted by atomic mass is 10.1. The highest BCUT2D eigenvalue weighted by Gasteiger charge is 2.23. The normalized spacial score (nSPS) is 11.9. The highest BCUT2D eigenvalue weighted by Crippen LogP contribution is 2.37. The summed E-state index contributed by atoms with van der Waals surface area (Å²) in [7, 11) is 0. The van der Waals surface area contributed by atoms with Crippen molar-refractivity contribution < 1.29 is 14.8 Å². The molecule has 0 saturated heterocycles. The van der Waals surface area contributed by atoms with Gasteiger partial charge in [0.1, 0.15) is 0 Å². The molecule has 0 radical (unpaired) electrons. The fraction of sp³-hybridized carbons (Fsp3) is 0.333. The Hall–Kier alpha value is -1.40. The molecule has 18 heavy (non-hydrogen) atoms. The van der Waals surface area contributed by atoms with Gasteiger partial charge in [0.15, 0.2) is 0 Å². The Morgan fingerprint density at radius 1 is 1.67 bits per heavy atom. The van der Waals surface area contributed by atoms with Crippen LogP contribution in [0.5, 0.6) is 5.75 Å². The molecule has 0 aliphatic rings. The molecule has 0 spiro atoms. The molecule has 1 N–H and O–H groups in total. The van der Waals surface area contributed by atoms with E-state index in [0.29, 0.717) is 16.5 Å². The number of benzene rings is 1. The van der Waals surface area contributed by atoms with Crippen LogP contribution in [0.25, 0.3) is 0 Å². The maximum Gasteiger partial charge on any atom is 0.312 e. The average molecular weight is 316 g/mol. The van der Waals surface area contributed by atoms with Gasteiger partial charge in [0.25, 0.3) is 0 Å². The minimum Gasteiger partial charge on any atom is -0.486 e. The maximum atomic E-state index is 11.0. The summed E-state index contributed by atoms with van der Waals surface area (Å²) >= 11 is 3.18. The van der Waals surface area contributed by atoms with Crippen LogP contribution in [0, 0.1) is 10.1 Å². The molecule has 0 aliphatic carbocycles. The van der Waals surface area contributed by atoms with Gasteiger partial charge < -0.3 is 9.84 Å². The largest absolute Gasteiger partial charge is 0.486 e.